The van der Waals surface area contributed by atoms with Crippen molar-refractivity contribution >= 4 is 35.3 Å². The summed E-state index contributed by atoms with van der Waals surface area (Å²) in [7, 11) is 0. The number of carbonyl (C=O) groups excluding carboxylic acids is 2. The SMILES string of the molecule is O=C(CC(=O)Nc1ccccc1Cl)N/N=C/c1ccc(O)cc1. The molecule has 0 atom stereocenters. The molecule has 2 rings (SSSR count). The minimum Gasteiger partial charge on any atom is -0.508 e. The second-order valence-corrected chi connectivity index (χ2v) is 5.00. The van der Waals surface area contributed by atoms with Gasteiger partial charge in [-0.3, -0.25) is 9.59 Å². The first kappa shape index (κ1) is 16.5. The van der Waals surface area contributed by atoms with Crippen LogP contribution in [0.15, 0.2) is 53.6 Å². The smallest absolute Gasteiger partial charge is 0.249 e. The van der Waals surface area contributed by atoms with E-state index < -0.39 is 11.8 Å². The first-order valence-corrected chi connectivity index (χ1v) is 7.08. The number of halogens is 1. The molecule has 0 aliphatic carbocycles. The fraction of sp³-hybridized carbons (Fsp3) is 0.0625. The van der Waals surface area contributed by atoms with E-state index in [2.05, 4.69) is 15.8 Å². The molecule has 23 heavy (non-hydrogen) atoms. The lowest BCUT2D eigenvalue weighted by molar-refractivity contribution is -0.126. The lowest BCUT2D eigenvalue weighted by Crippen LogP contribution is -2.24. The minimum absolute atomic E-state index is 0.141. The number of rotatable bonds is 5. The van der Waals surface area contributed by atoms with E-state index in [1.165, 1.54) is 18.3 Å². The molecule has 118 valence electrons. The number of benzene rings is 2. The molecule has 0 aliphatic rings. The molecule has 2 aromatic carbocycles. The summed E-state index contributed by atoms with van der Waals surface area (Å²) in [6, 6.07) is 13.0. The van der Waals surface area contributed by atoms with Gasteiger partial charge in [0.2, 0.25) is 11.8 Å². The Bertz CT molecular complexity index is 730. The van der Waals surface area contributed by atoms with E-state index in [1.54, 1.807) is 36.4 Å². The van der Waals surface area contributed by atoms with Gasteiger partial charge < -0.3 is 10.4 Å². The zero-order valence-electron chi connectivity index (χ0n) is 12.0. The fourth-order valence-corrected chi connectivity index (χ4v) is 1.86. The summed E-state index contributed by atoms with van der Waals surface area (Å²) in [4.78, 5) is 23.3. The summed E-state index contributed by atoms with van der Waals surface area (Å²) < 4.78 is 0. The Balaban J connectivity index is 1.81. The molecule has 0 saturated carbocycles. The molecule has 7 heteroatoms. The van der Waals surface area contributed by atoms with Crippen molar-refractivity contribution in [1.82, 2.24) is 5.43 Å². The number of hydrogen-bond donors (Lipinski definition) is 3. The number of hydrogen-bond acceptors (Lipinski definition) is 4. The highest BCUT2D eigenvalue weighted by Crippen LogP contribution is 2.20. The van der Waals surface area contributed by atoms with Crippen LogP contribution in [0.25, 0.3) is 0 Å². The molecule has 0 spiro atoms. The van der Waals surface area contributed by atoms with E-state index in [-0.39, 0.29) is 12.2 Å². The van der Waals surface area contributed by atoms with Gasteiger partial charge >= 0.3 is 0 Å². The third-order valence-electron chi connectivity index (χ3n) is 2.77. The van der Waals surface area contributed by atoms with Gasteiger partial charge in [0.15, 0.2) is 0 Å². The Morgan fingerprint density at radius 2 is 1.78 bits per heavy atom. The second-order valence-electron chi connectivity index (χ2n) is 4.59. The first-order valence-electron chi connectivity index (χ1n) is 6.70. The summed E-state index contributed by atoms with van der Waals surface area (Å²) in [6.45, 7) is 0. The monoisotopic (exact) mass is 331 g/mol. The van der Waals surface area contributed by atoms with E-state index in [4.69, 9.17) is 16.7 Å². The molecule has 0 radical (unpaired) electrons. The molecule has 0 aromatic heterocycles. The lowest BCUT2D eigenvalue weighted by Gasteiger charge is -2.06. The van der Waals surface area contributed by atoms with Gasteiger partial charge in [-0.2, -0.15) is 5.10 Å². The third kappa shape index (κ3) is 5.44. The van der Waals surface area contributed by atoms with Crippen molar-refractivity contribution in [2.75, 3.05) is 5.32 Å². The topological polar surface area (TPSA) is 90.8 Å². The van der Waals surface area contributed by atoms with Crippen molar-refractivity contribution in [3.05, 3.63) is 59.1 Å². The number of carbonyl (C=O) groups is 2. The lowest BCUT2D eigenvalue weighted by atomic mass is 10.2. The molecule has 0 fully saturated rings. The van der Waals surface area contributed by atoms with Gasteiger partial charge in [0.05, 0.1) is 16.9 Å². The van der Waals surface area contributed by atoms with E-state index in [1.807, 2.05) is 0 Å². The molecule has 0 heterocycles. The number of para-hydroxylation sites is 1. The van der Waals surface area contributed by atoms with Crippen LogP contribution in [-0.4, -0.2) is 23.1 Å². The molecule has 2 amide bonds. The van der Waals surface area contributed by atoms with Crippen LogP contribution in [0, 0.1) is 0 Å². The van der Waals surface area contributed by atoms with Gasteiger partial charge in [-0.1, -0.05) is 23.7 Å². The van der Waals surface area contributed by atoms with E-state index in [9.17, 15) is 9.59 Å². The molecule has 3 N–H and O–H groups in total. The van der Waals surface area contributed by atoms with Gasteiger partial charge in [0.1, 0.15) is 12.2 Å². The van der Waals surface area contributed by atoms with Crippen LogP contribution in [0.4, 0.5) is 5.69 Å². The van der Waals surface area contributed by atoms with Gasteiger partial charge in [-0.05, 0) is 42.0 Å². The number of amides is 2. The van der Waals surface area contributed by atoms with Crippen molar-refractivity contribution in [2.45, 2.75) is 6.42 Å². The highest BCUT2D eigenvalue weighted by Gasteiger charge is 2.10. The highest BCUT2D eigenvalue weighted by atomic mass is 35.5. The van der Waals surface area contributed by atoms with Crippen LogP contribution < -0.4 is 10.7 Å². The van der Waals surface area contributed by atoms with Crippen molar-refractivity contribution in [3.63, 3.8) is 0 Å². The summed E-state index contributed by atoms with van der Waals surface area (Å²) in [5.74, 6) is -0.901. The number of phenolic OH excluding ortho intramolecular Hbond substituents is 1. The van der Waals surface area contributed by atoms with Crippen LogP contribution in [-0.2, 0) is 9.59 Å². The highest BCUT2D eigenvalue weighted by molar-refractivity contribution is 6.33. The van der Waals surface area contributed by atoms with Crippen LogP contribution in [0.5, 0.6) is 5.75 Å². The van der Waals surface area contributed by atoms with E-state index in [0.717, 1.165) is 0 Å². The Kier molecular flexibility index (Phi) is 5.71. The summed E-state index contributed by atoms with van der Waals surface area (Å²) in [5.41, 5.74) is 3.39. The molecule has 0 unspecified atom stereocenters. The van der Waals surface area contributed by atoms with Crippen molar-refractivity contribution < 1.29 is 14.7 Å². The van der Waals surface area contributed by atoms with Crippen LogP contribution in [0.1, 0.15) is 12.0 Å². The first-order chi connectivity index (χ1) is 11.0. The predicted octanol–water partition coefficient (Wildman–Crippen LogP) is 2.52. The zero-order valence-corrected chi connectivity index (χ0v) is 12.7. The van der Waals surface area contributed by atoms with Crippen LogP contribution in [0.3, 0.4) is 0 Å². The zero-order chi connectivity index (χ0) is 16.7. The molecule has 6 nitrogen and oxygen atoms in total. The maximum Gasteiger partial charge on any atom is 0.249 e. The Morgan fingerprint density at radius 3 is 2.48 bits per heavy atom. The van der Waals surface area contributed by atoms with Crippen LogP contribution >= 0.6 is 11.6 Å². The van der Waals surface area contributed by atoms with Crippen molar-refractivity contribution in [1.29, 1.82) is 0 Å². The fourth-order valence-electron chi connectivity index (χ4n) is 1.68. The summed E-state index contributed by atoms with van der Waals surface area (Å²) in [6.07, 6.45) is 1.03. The number of nitrogens with one attached hydrogen (secondary N) is 2. The quantitative estimate of drug-likeness (QED) is 0.446. The van der Waals surface area contributed by atoms with Crippen molar-refractivity contribution in [2.24, 2.45) is 5.10 Å². The Morgan fingerprint density at radius 1 is 1.09 bits per heavy atom. The second kappa shape index (κ2) is 7.95. The number of hydrazone groups is 1. The van der Waals surface area contributed by atoms with Gasteiger partial charge in [0.25, 0.3) is 0 Å². The predicted molar refractivity (Wildman–Crippen MR) is 88.5 cm³/mol. The number of aromatic hydroxyl groups is 1. The minimum atomic E-state index is -0.551. The molecular weight excluding hydrogens is 318 g/mol. The average molecular weight is 332 g/mol. The van der Waals surface area contributed by atoms with E-state index >= 15 is 0 Å². The maximum absolute atomic E-state index is 11.7. The molecular formula is C16H14ClN3O3. The van der Waals surface area contributed by atoms with Gasteiger partial charge in [0, 0.05) is 0 Å². The largest absolute Gasteiger partial charge is 0.508 e. The average Bonchev–Trinajstić information content (AvgIpc) is 2.51. The Hall–Kier alpha value is -2.86. The van der Waals surface area contributed by atoms with Gasteiger partial charge in [-0.25, -0.2) is 5.43 Å². The van der Waals surface area contributed by atoms with E-state index in [0.29, 0.717) is 16.3 Å². The molecule has 0 saturated heterocycles. The molecule has 0 bridgehead atoms. The molecule has 0 aliphatic heterocycles. The standard InChI is InChI=1S/C16H14ClN3O3/c17-13-3-1-2-4-14(13)19-15(22)9-16(23)20-18-10-11-5-7-12(21)8-6-11/h1-8,10,21H,9H2,(H,19,22)(H,20,23)/b18-10+. The Labute approximate surface area is 137 Å². The number of anilines is 1. The maximum atomic E-state index is 11.7. The molecule has 2 aromatic rings. The number of phenols is 1. The van der Waals surface area contributed by atoms with Gasteiger partial charge in [-0.15, -0.1) is 0 Å². The third-order valence-corrected chi connectivity index (χ3v) is 3.09. The summed E-state index contributed by atoms with van der Waals surface area (Å²) in [5, 5.41) is 15.8. The van der Waals surface area contributed by atoms with Crippen LogP contribution in [0.2, 0.25) is 5.02 Å². The van der Waals surface area contributed by atoms with Crippen molar-refractivity contribution in [3.8, 4) is 5.75 Å². The number of nitrogens with zero attached hydrogens (tertiary/aromatic N) is 1. The summed E-state index contributed by atoms with van der Waals surface area (Å²) >= 11 is 5.91. The normalized spacial score (nSPS) is 10.5.